The summed E-state index contributed by atoms with van der Waals surface area (Å²) in [5, 5.41) is 10.5. The van der Waals surface area contributed by atoms with E-state index in [1.165, 1.54) is 5.56 Å². The highest BCUT2D eigenvalue weighted by Gasteiger charge is 2.09. The Morgan fingerprint density at radius 2 is 1.68 bits per heavy atom. The fourth-order valence-corrected chi connectivity index (χ4v) is 3.06. The Labute approximate surface area is 164 Å². The molecule has 0 amide bonds. The van der Waals surface area contributed by atoms with Crippen molar-refractivity contribution in [1.29, 1.82) is 5.26 Å². The van der Waals surface area contributed by atoms with E-state index in [0.717, 1.165) is 28.6 Å². The Morgan fingerprint density at radius 3 is 2.43 bits per heavy atom. The van der Waals surface area contributed by atoms with Crippen molar-refractivity contribution in [2.24, 2.45) is 0 Å². The molecule has 0 fully saturated rings. The number of hydrogen-bond acceptors (Lipinski definition) is 3. The SMILES string of the molecule is N#Cc1cc2c(Oc3ccccc3)ccnc2cc1/C=C\Cc1ccccc1. The standard InChI is InChI=1S/C25H18N2O/c26-18-21-16-23-24(17-20(21)11-7-10-19-8-3-1-4-9-19)27-15-14-25(23)28-22-12-5-2-6-13-22/h1-9,11-17H,10H2/b11-7-. The van der Waals surface area contributed by atoms with Gasteiger partial charge in [0.05, 0.1) is 17.1 Å². The predicted molar refractivity (Wildman–Crippen MR) is 112 cm³/mol. The Bertz CT molecular complexity index is 1160. The lowest BCUT2D eigenvalue weighted by molar-refractivity contribution is 0.488. The van der Waals surface area contributed by atoms with Crippen molar-refractivity contribution in [2.45, 2.75) is 6.42 Å². The Morgan fingerprint density at radius 1 is 0.929 bits per heavy atom. The smallest absolute Gasteiger partial charge is 0.138 e. The van der Waals surface area contributed by atoms with Crippen molar-refractivity contribution < 1.29 is 4.74 Å². The summed E-state index contributed by atoms with van der Waals surface area (Å²) < 4.78 is 6.00. The number of allylic oxidation sites excluding steroid dienone is 1. The van der Waals surface area contributed by atoms with Crippen LogP contribution in [0.15, 0.2) is 91.1 Å². The topological polar surface area (TPSA) is 45.9 Å². The van der Waals surface area contributed by atoms with Gasteiger partial charge in [0, 0.05) is 11.6 Å². The molecule has 0 radical (unpaired) electrons. The van der Waals surface area contributed by atoms with Gasteiger partial charge >= 0.3 is 0 Å². The number of ether oxygens (including phenoxy) is 1. The van der Waals surface area contributed by atoms with E-state index in [1.807, 2.05) is 72.8 Å². The van der Waals surface area contributed by atoms with Crippen LogP contribution in [0.2, 0.25) is 0 Å². The number of benzene rings is 3. The van der Waals surface area contributed by atoms with Gasteiger partial charge in [-0.2, -0.15) is 5.26 Å². The number of nitrogens with zero attached hydrogens (tertiary/aromatic N) is 2. The summed E-state index contributed by atoms with van der Waals surface area (Å²) in [6.07, 6.45) is 6.59. The van der Waals surface area contributed by atoms with E-state index in [1.54, 1.807) is 6.20 Å². The van der Waals surface area contributed by atoms with Crippen LogP contribution in [-0.4, -0.2) is 4.98 Å². The van der Waals surface area contributed by atoms with E-state index in [2.05, 4.69) is 29.3 Å². The van der Waals surface area contributed by atoms with Gasteiger partial charge in [-0.1, -0.05) is 60.7 Å². The van der Waals surface area contributed by atoms with E-state index in [4.69, 9.17) is 4.74 Å². The molecule has 3 nitrogen and oxygen atoms in total. The lowest BCUT2D eigenvalue weighted by atomic mass is 10.0. The molecule has 134 valence electrons. The van der Waals surface area contributed by atoms with Gasteiger partial charge < -0.3 is 4.74 Å². The van der Waals surface area contributed by atoms with Crippen molar-refractivity contribution in [3.63, 3.8) is 0 Å². The lowest BCUT2D eigenvalue weighted by Crippen LogP contribution is -1.91. The summed E-state index contributed by atoms with van der Waals surface area (Å²) in [7, 11) is 0. The molecule has 0 atom stereocenters. The third-order valence-electron chi connectivity index (χ3n) is 4.46. The van der Waals surface area contributed by atoms with Crippen LogP contribution in [0.1, 0.15) is 16.7 Å². The molecule has 4 aromatic rings. The first-order valence-electron chi connectivity index (χ1n) is 9.10. The fraction of sp³-hybridized carbons (Fsp3) is 0.0400. The molecule has 4 rings (SSSR count). The van der Waals surface area contributed by atoms with Crippen LogP contribution in [0, 0.1) is 11.3 Å². The van der Waals surface area contributed by atoms with Gasteiger partial charge in [-0.15, -0.1) is 0 Å². The molecule has 0 unspecified atom stereocenters. The molecule has 3 heteroatoms. The van der Waals surface area contributed by atoms with Crippen LogP contribution >= 0.6 is 0 Å². The van der Waals surface area contributed by atoms with Gasteiger partial charge in [0.15, 0.2) is 0 Å². The molecular weight excluding hydrogens is 344 g/mol. The minimum Gasteiger partial charge on any atom is -0.457 e. The molecule has 0 aliphatic rings. The molecule has 0 bridgehead atoms. The molecule has 0 saturated heterocycles. The predicted octanol–water partition coefficient (Wildman–Crippen LogP) is 6.15. The first kappa shape index (κ1) is 17.5. The Balaban J connectivity index is 1.67. The first-order valence-corrected chi connectivity index (χ1v) is 9.10. The second-order valence-electron chi connectivity index (χ2n) is 6.38. The van der Waals surface area contributed by atoms with Crippen LogP contribution in [0.3, 0.4) is 0 Å². The number of rotatable bonds is 5. The van der Waals surface area contributed by atoms with Crippen molar-refractivity contribution >= 4 is 17.0 Å². The van der Waals surface area contributed by atoms with Gasteiger partial charge in [-0.3, -0.25) is 4.98 Å². The number of hydrogen-bond donors (Lipinski definition) is 0. The third kappa shape index (κ3) is 3.92. The number of nitriles is 1. The fourth-order valence-electron chi connectivity index (χ4n) is 3.06. The monoisotopic (exact) mass is 362 g/mol. The summed E-state index contributed by atoms with van der Waals surface area (Å²) in [5.74, 6) is 1.44. The maximum absolute atomic E-state index is 9.63. The number of aromatic nitrogens is 1. The minimum absolute atomic E-state index is 0.600. The van der Waals surface area contributed by atoms with Crippen molar-refractivity contribution in [3.05, 3.63) is 108 Å². The molecular formula is C25H18N2O. The minimum atomic E-state index is 0.600. The number of para-hydroxylation sites is 1. The zero-order valence-corrected chi connectivity index (χ0v) is 15.2. The van der Waals surface area contributed by atoms with Crippen LogP contribution in [-0.2, 0) is 6.42 Å². The molecule has 0 saturated carbocycles. The Hall–Kier alpha value is -3.90. The highest BCUT2D eigenvalue weighted by Crippen LogP contribution is 2.31. The van der Waals surface area contributed by atoms with Gasteiger partial charge in [0.2, 0.25) is 0 Å². The molecule has 1 heterocycles. The van der Waals surface area contributed by atoms with E-state index in [0.29, 0.717) is 11.3 Å². The molecule has 0 aliphatic carbocycles. The average molecular weight is 362 g/mol. The van der Waals surface area contributed by atoms with E-state index < -0.39 is 0 Å². The van der Waals surface area contributed by atoms with Crippen LogP contribution < -0.4 is 4.74 Å². The molecule has 1 aromatic heterocycles. The maximum Gasteiger partial charge on any atom is 0.138 e. The van der Waals surface area contributed by atoms with Gasteiger partial charge in [-0.05, 0) is 47.9 Å². The summed E-state index contributed by atoms with van der Waals surface area (Å²) in [6.45, 7) is 0. The van der Waals surface area contributed by atoms with E-state index >= 15 is 0 Å². The normalized spacial score (nSPS) is 10.8. The first-order chi connectivity index (χ1) is 13.8. The zero-order valence-electron chi connectivity index (χ0n) is 15.2. The Kier molecular flexibility index (Phi) is 5.13. The second kappa shape index (κ2) is 8.20. The maximum atomic E-state index is 9.63. The molecule has 0 aliphatic heterocycles. The lowest BCUT2D eigenvalue weighted by Gasteiger charge is -2.10. The van der Waals surface area contributed by atoms with Crippen LogP contribution in [0.4, 0.5) is 0 Å². The quantitative estimate of drug-likeness (QED) is 0.427. The summed E-state index contributed by atoms with van der Waals surface area (Å²) in [4.78, 5) is 4.46. The van der Waals surface area contributed by atoms with E-state index in [-0.39, 0.29) is 0 Å². The largest absolute Gasteiger partial charge is 0.457 e. The van der Waals surface area contributed by atoms with Crippen LogP contribution in [0.5, 0.6) is 11.5 Å². The third-order valence-corrected chi connectivity index (χ3v) is 4.46. The number of fused-ring (bicyclic) bond motifs is 1. The molecule has 28 heavy (non-hydrogen) atoms. The molecule has 3 aromatic carbocycles. The summed E-state index contributed by atoms with van der Waals surface area (Å²) in [6, 6.07) is 27.7. The molecule has 0 N–H and O–H groups in total. The average Bonchev–Trinajstić information content (AvgIpc) is 2.75. The number of pyridine rings is 1. The summed E-state index contributed by atoms with van der Waals surface area (Å²) >= 11 is 0. The van der Waals surface area contributed by atoms with E-state index in [9.17, 15) is 5.26 Å². The van der Waals surface area contributed by atoms with Crippen molar-refractivity contribution in [2.75, 3.05) is 0 Å². The highest BCUT2D eigenvalue weighted by molar-refractivity contribution is 5.89. The van der Waals surface area contributed by atoms with Crippen LogP contribution in [0.25, 0.3) is 17.0 Å². The highest BCUT2D eigenvalue weighted by atomic mass is 16.5. The van der Waals surface area contributed by atoms with Gasteiger partial charge in [0.25, 0.3) is 0 Å². The van der Waals surface area contributed by atoms with Crippen molar-refractivity contribution in [3.8, 4) is 17.6 Å². The molecule has 0 spiro atoms. The van der Waals surface area contributed by atoms with Gasteiger partial charge in [0.1, 0.15) is 11.5 Å². The van der Waals surface area contributed by atoms with Crippen molar-refractivity contribution in [1.82, 2.24) is 4.98 Å². The van der Waals surface area contributed by atoms with Gasteiger partial charge in [-0.25, -0.2) is 0 Å². The second-order valence-corrected chi connectivity index (χ2v) is 6.38. The summed E-state index contributed by atoms with van der Waals surface area (Å²) in [5.41, 5.74) is 3.49. The zero-order chi connectivity index (χ0) is 19.2.